The van der Waals surface area contributed by atoms with Crippen LogP contribution in [0, 0.1) is 5.92 Å². The van der Waals surface area contributed by atoms with Crippen LogP contribution in [0.3, 0.4) is 0 Å². The zero-order chi connectivity index (χ0) is 13.8. The molecule has 1 heteroatoms. The number of benzene rings is 2. The molecule has 0 saturated carbocycles. The molecule has 1 N–H and O–H groups in total. The summed E-state index contributed by atoms with van der Waals surface area (Å²) in [7, 11) is 0. The Labute approximate surface area is 122 Å². The molecule has 2 unspecified atom stereocenters. The van der Waals surface area contributed by atoms with E-state index in [1.807, 2.05) is 0 Å². The average molecular weight is 265 g/mol. The van der Waals surface area contributed by atoms with Gasteiger partial charge in [0.1, 0.15) is 0 Å². The number of hydrogen-bond acceptors (Lipinski definition) is 1. The van der Waals surface area contributed by atoms with Gasteiger partial charge in [0.2, 0.25) is 0 Å². The first kappa shape index (κ1) is 13.2. The molecule has 0 fully saturated rings. The molecular formula is C19H23N. The maximum atomic E-state index is 3.77. The van der Waals surface area contributed by atoms with Crippen molar-refractivity contribution in [2.24, 2.45) is 5.92 Å². The van der Waals surface area contributed by atoms with Gasteiger partial charge in [0.15, 0.2) is 0 Å². The number of rotatable bonds is 4. The van der Waals surface area contributed by atoms with Crippen LogP contribution in [0.1, 0.15) is 43.4 Å². The minimum Gasteiger partial charge on any atom is -0.378 e. The van der Waals surface area contributed by atoms with E-state index >= 15 is 0 Å². The lowest BCUT2D eigenvalue weighted by molar-refractivity contribution is 0.395. The maximum absolute atomic E-state index is 3.77. The van der Waals surface area contributed by atoms with Crippen molar-refractivity contribution in [3.63, 3.8) is 0 Å². The van der Waals surface area contributed by atoms with Crippen LogP contribution >= 0.6 is 0 Å². The topological polar surface area (TPSA) is 12.0 Å². The lowest BCUT2D eigenvalue weighted by atomic mass is 9.81. The Morgan fingerprint density at radius 1 is 1.00 bits per heavy atom. The molecule has 2 atom stereocenters. The second-order valence-electron chi connectivity index (χ2n) is 5.80. The lowest BCUT2D eigenvalue weighted by Gasteiger charge is -2.35. The Hall–Kier alpha value is -1.76. The highest BCUT2D eigenvalue weighted by atomic mass is 14.9. The Bertz CT molecular complexity index is 547. The SMILES string of the molecule is CCCCC1Cc2ccccc2NC1c1ccccc1. The summed E-state index contributed by atoms with van der Waals surface area (Å²) in [6.07, 6.45) is 5.09. The molecule has 0 aromatic heterocycles. The van der Waals surface area contributed by atoms with E-state index in [0.717, 1.165) is 0 Å². The van der Waals surface area contributed by atoms with Crippen LogP contribution in [0.25, 0.3) is 0 Å². The first-order valence-electron chi connectivity index (χ1n) is 7.78. The van der Waals surface area contributed by atoms with Crippen LogP contribution in [0.4, 0.5) is 5.69 Å². The second-order valence-corrected chi connectivity index (χ2v) is 5.80. The highest BCUT2D eigenvalue weighted by molar-refractivity contribution is 5.55. The molecule has 0 radical (unpaired) electrons. The van der Waals surface area contributed by atoms with Gasteiger partial charge in [0, 0.05) is 5.69 Å². The van der Waals surface area contributed by atoms with E-state index in [4.69, 9.17) is 0 Å². The fourth-order valence-corrected chi connectivity index (χ4v) is 3.28. The normalized spacial score (nSPS) is 21.1. The van der Waals surface area contributed by atoms with Crippen molar-refractivity contribution in [2.45, 2.75) is 38.6 Å². The van der Waals surface area contributed by atoms with Crippen molar-refractivity contribution < 1.29 is 0 Å². The predicted octanol–water partition coefficient (Wildman–Crippen LogP) is 5.20. The first-order valence-corrected chi connectivity index (χ1v) is 7.78. The minimum atomic E-state index is 0.456. The van der Waals surface area contributed by atoms with Crippen molar-refractivity contribution in [1.82, 2.24) is 0 Å². The molecule has 2 aromatic rings. The lowest BCUT2D eigenvalue weighted by Crippen LogP contribution is -2.28. The molecular weight excluding hydrogens is 242 g/mol. The van der Waals surface area contributed by atoms with E-state index in [0.29, 0.717) is 12.0 Å². The molecule has 2 aromatic carbocycles. The smallest absolute Gasteiger partial charge is 0.0545 e. The quantitative estimate of drug-likeness (QED) is 0.801. The number of anilines is 1. The summed E-state index contributed by atoms with van der Waals surface area (Å²) in [5, 5.41) is 3.77. The van der Waals surface area contributed by atoms with Crippen molar-refractivity contribution >= 4 is 5.69 Å². The molecule has 0 spiro atoms. The third-order valence-electron chi connectivity index (χ3n) is 4.37. The monoisotopic (exact) mass is 265 g/mol. The third kappa shape index (κ3) is 2.72. The fourth-order valence-electron chi connectivity index (χ4n) is 3.28. The van der Waals surface area contributed by atoms with Gasteiger partial charge in [-0.3, -0.25) is 0 Å². The Kier molecular flexibility index (Phi) is 4.05. The van der Waals surface area contributed by atoms with Crippen molar-refractivity contribution in [1.29, 1.82) is 0 Å². The summed E-state index contributed by atoms with van der Waals surface area (Å²) in [4.78, 5) is 0. The highest BCUT2D eigenvalue weighted by Crippen LogP contribution is 2.38. The molecule has 1 aliphatic rings. The summed E-state index contributed by atoms with van der Waals surface area (Å²) in [6.45, 7) is 2.28. The zero-order valence-electron chi connectivity index (χ0n) is 12.2. The van der Waals surface area contributed by atoms with Crippen LogP contribution in [0.15, 0.2) is 54.6 Å². The van der Waals surface area contributed by atoms with Gasteiger partial charge >= 0.3 is 0 Å². The number of unbranched alkanes of at least 4 members (excludes halogenated alkanes) is 1. The van der Waals surface area contributed by atoms with Crippen molar-refractivity contribution in [2.75, 3.05) is 5.32 Å². The van der Waals surface area contributed by atoms with Crippen LogP contribution < -0.4 is 5.32 Å². The van der Waals surface area contributed by atoms with Gasteiger partial charge in [-0.1, -0.05) is 68.3 Å². The molecule has 0 aliphatic carbocycles. The summed E-state index contributed by atoms with van der Waals surface area (Å²) in [6, 6.07) is 20.1. The summed E-state index contributed by atoms with van der Waals surface area (Å²) >= 11 is 0. The highest BCUT2D eigenvalue weighted by Gasteiger charge is 2.28. The van der Waals surface area contributed by atoms with E-state index in [1.165, 1.54) is 42.5 Å². The van der Waals surface area contributed by atoms with E-state index in [-0.39, 0.29) is 0 Å². The summed E-state index contributed by atoms with van der Waals surface area (Å²) < 4.78 is 0. The third-order valence-corrected chi connectivity index (χ3v) is 4.37. The summed E-state index contributed by atoms with van der Waals surface area (Å²) in [5.74, 6) is 0.701. The number of fused-ring (bicyclic) bond motifs is 1. The van der Waals surface area contributed by atoms with Crippen molar-refractivity contribution in [3.05, 3.63) is 65.7 Å². The van der Waals surface area contributed by atoms with Crippen LogP contribution in [-0.4, -0.2) is 0 Å². The van der Waals surface area contributed by atoms with Gasteiger partial charge in [0.05, 0.1) is 6.04 Å². The van der Waals surface area contributed by atoms with Gasteiger partial charge in [-0.05, 0) is 36.0 Å². The van der Waals surface area contributed by atoms with Crippen LogP contribution in [0.2, 0.25) is 0 Å². The molecule has 0 amide bonds. The average Bonchev–Trinajstić information content (AvgIpc) is 2.53. The van der Waals surface area contributed by atoms with Crippen LogP contribution in [-0.2, 0) is 6.42 Å². The largest absolute Gasteiger partial charge is 0.378 e. The van der Waals surface area contributed by atoms with E-state index in [9.17, 15) is 0 Å². The van der Waals surface area contributed by atoms with Gasteiger partial charge in [-0.25, -0.2) is 0 Å². The molecule has 20 heavy (non-hydrogen) atoms. The number of hydrogen-bond donors (Lipinski definition) is 1. The van der Waals surface area contributed by atoms with Gasteiger partial charge in [-0.15, -0.1) is 0 Å². The molecule has 0 saturated heterocycles. The van der Waals surface area contributed by atoms with Gasteiger partial charge < -0.3 is 5.32 Å². The second kappa shape index (κ2) is 6.13. The molecule has 1 nitrogen and oxygen atoms in total. The number of para-hydroxylation sites is 1. The van der Waals surface area contributed by atoms with Crippen LogP contribution in [0.5, 0.6) is 0 Å². The van der Waals surface area contributed by atoms with E-state index < -0.39 is 0 Å². The number of nitrogens with one attached hydrogen (secondary N) is 1. The Morgan fingerprint density at radius 2 is 1.75 bits per heavy atom. The maximum Gasteiger partial charge on any atom is 0.0545 e. The van der Waals surface area contributed by atoms with Gasteiger partial charge in [-0.2, -0.15) is 0 Å². The fraction of sp³-hybridized carbons (Fsp3) is 0.368. The predicted molar refractivity (Wildman–Crippen MR) is 86.0 cm³/mol. The molecule has 104 valence electrons. The van der Waals surface area contributed by atoms with E-state index in [2.05, 4.69) is 66.8 Å². The standard InChI is InChI=1S/C19H23N/c1-2-3-9-17-14-16-12-7-8-13-18(16)20-19(17)15-10-5-4-6-11-15/h4-8,10-13,17,19-20H,2-3,9,14H2,1H3. The minimum absolute atomic E-state index is 0.456. The molecule has 3 rings (SSSR count). The first-order chi connectivity index (χ1) is 9.88. The van der Waals surface area contributed by atoms with Crippen molar-refractivity contribution in [3.8, 4) is 0 Å². The molecule has 0 bridgehead atoms. The van der Waals surface area contributed by atoms with Gasteiger partial charge in [0.25, 0.3) is 0 Å². The molecule has 1 heterocycles. The summed E-state index contributed by atoms with van der Waals surface area (Å²) in [5.41, 5.74) is 4.21. The Balaban J connectivity index is 1.89. The molecule has 1 aliphatic heterocycles. The Morgan fingerprint density at radius 3 is 2.55 bits per heavy atom. The van der Waals surface area contributed by atoms with E-state index in [1.54, 1.807) is 0 Å². The zero-order valence-corrected chi connectivity index (χ0v) is 12.2.